The van der Waals surface area contributed by atoms with Crippen LogP contribution in [0.25, 0.3) is 0 Å². The third-order valence-electron chi connectivity index (χ3n) is 8.02. The van der Waals surface area contributed by atoms with Crippen LogP contribution in [0, 0.1) is 18.7 Å². The summed E-state index contributed by atoms with van der Waals surface area (Å²) in [6, 6.07) is 10.5. The molecule has 1 atom stereocenters. The Labute approximate surface area is 255 Å². The van der Waals surface area contributed by atoms with Gasteiger partial charge in [-0.15, -0.1) is 0 Å². The molecule has 2 saturated heterocycles. The molecule has 2 aromatic carbocycles. The molecule has 3 amide bonds. The van der Waals surface area contributed by atoms with Gasteiger partial charge in [-0.05, 0) is 106 Å². The van der Waals surface area contributed by atoms with Crippen molar-refractivity contribution in [3.63, 3.8) is 0 Å². The number of nitrogens with zero attached hydrogens (tertiary/aromatic N) is 3. The topological polar surface area (TPSA) is 55.9 Å². The summed E-state index contributed by atoms with van der Waals surface area (Å²) >= 11 is 11.4. The Morgan fingerprint density at radius 3 is 2.29 bits per heavy atom. The Bertz CT molecular complexity index is 1150. The Kier molecular flexibility index (Phi) is 13.2. The van der Waals surface area contributed by atoms with Crippen LogP contribution < -0.4 is 5.32 Å². The van der Waals surface area contributed by atoms with Crippen molar-refractivity contribution in [3.05, 3.63) is 69.0 Å². The number of aryl methyl sites for hydroxylation is 1. The van der Waals surface area contributed by atoms with Gasteiger partial charge in [0.2, 0.25) is 5.91 Å². The average molecular weight is 608 g/mol. The van der Waals surface area contributed by atoms with Crippen LogP contribution in [-0.4, -0.2) is 80.0 Å². The van der Waals surface area contributed by atoms with Crippen molar-refractivity contribution in [2.45, 2.75) is 58.3 Å². The normalized spacial score (nSPS) is 16.4. The molecule has 41 heavy (non-hydrogen) atoms. The standard InChI is InChI=1S/C25H39FN4O2.C7H6Cl2/c1-4-19(18-28(2)3)15-21-16-22(26)7-8-23(21)20-9-13-29(14-10-20)24(31)17-27-25(32)30-11-5-6-12-30;1-5-2-3-6(8)4-7(5)9/h7-8,16,19-20H,4-6,9-15,17-18H2,1-3H3,(H,27,32);2-4H,1H3. The second-order valence-corrected chi connectivity index (χ2v) is 12.3. The predicted octanol–water partition coefficient (Wildman–Crippen LogP) is 6.77. The van der Waals surface area contributed by atoms with E-state index in [0.29, 0.717) is 29.9 Å². The molecular formula is C32H45Cl2FN4O2. The molecule has 0 aliphatic carbocycles. The van der Waals surface area contributed by atoms with E-state index in [2.05, 4.69) is 31.2 Å². The van der Waals surface area contributed by atoms with Crippen LogP contribution >= 0.6 is 23.2 Å². The van der Waals surface area contributed by atoms with Crippen LogP contribution in [0.3, 0.4) is 0 Å². The first-order valence-corrected chi connectivity index (χ1v) is 15.5. The van der Waals surface area contributed by atoms with Crippen LogP contribution in [0.4, 0.5) is 9.18 Å². The van der Waals surface area contributed by atoms with Gasteiger partial charge in [0.15, 0.2) is 0 Å². The molecule has 1 N–H and O–H groups in total. The van der Waals surface area contributed by atoms with Crippen LogP contribution in [-0.2, 0) is 11.2 Å². The number of halogens is 3. The zero-order chi connectivity index (χ0) is 29.9. The Morgan fingerprint density at radius 2 is 1.71 bits per heavy atom. The molecule has 6 nitrogen and oxygen atoms in total. The summed E-state index contributed by atoms with van der Waals surface area (Å²) in [7, 11) is 4.16. The van der Waals surface area contributed by atoms with Crippen molar-refractivity contribution in [1.82, 2.24) is 20.0 Å². The van der Waals surface area contributed by atoms with Crippen molar-refractivity contribution >= 4 is 35.1 Å². The molecule has 0 radical (unpaired) electrons. The van der Waals surface area contributed by atoms with E-state index < -0.39 is 0 Å². The van der Waals surface area contributed by atoms with Crippen LogP contribution in [0.5, 0.6) is 0 Å². The summed E-state index contributed by atoms with van der Waals surface area (Å²) in [4.78, 5) is 30.5. The van der Waals surface area contributed by atoms with Crippen LogP contribution in [0.1, 0.15) is 61.6 Å². The second-order valence-electron chi connectivity index (χ2n) is 11.5. The van der Waals surface area contributed by atoms with Gasteiger partial charge in [-0.1, -0.05) is 48.7 Å². The monoisotopic (exact) mass is 606 g/mol. The fraction of sp³-hybridized carbons (Fsp3) is 0.562. The Balaban J connectivity index is 0.000000436. The highest BCUT2D eigenvalue weighted by Crippen LogP contribution is 2.32. The molecule has 0 saturated carbocycles. The first kappa shape index (κ1) is 33.2. The van der Waals surface area contributed by atoms with Gasteiger partial charge in [-0.3, -0.25) is 4.79 Å². The average Bonchev–Trinajstić information content (AvgIpc) is 3.49. The molecule has 2 heterocycles. The molecule has 1 unspecified atom stereocenters. The van der Waals surface area contributed by atoms with E-state index >= 15 is 0 Å². The number of hydrogen-bond acceptors (Lipinski definition) is 3. The quantitative estimate of drug-likeness (QED) is 0.361. The molecule has 0 bridgehead atoms. The number of piperidine rings is 1. The largest absolute Gasteiger partial charge is 0.341 e. The predicted molar refractivity (Wildman–Crippen MR) is 166 cm³/mol. The number of nitrogens with one attached hydrogen (secondary N) is 1. The van der Waals surface area contributed by atoms with E-state index in [0.717, 1.165) is 74.3 Å². The maximum absolute atomic E-state index is 14.1. The molecule has 0 aromatic heterocycles. The summed E-state index contributed by atoms with van der Waals surface area (Å²) in [5.74, 6) is 0.634. The van der Waals surface area contributed by atoms with Crippen molar-refractivity contribution in [2.24, 2.45) is 5.92 Å². The summed E-state index contributed by atoms with van der Waals surface area (Å²) in [6.45, 7) is 8.09. The lowest BCUT2D eigenvalue weighted by Crippen LogP contribution is -2.46. The smallest absolute Gasteiger partial charge is 0.317 e. The Morgan fingerprint density at radius 1 is 1.02 bits per heavy atom. The molecule has 4 rings (SSSR count). The number of carbonyl (C=O) groups is 2. The fourth-order valence-electron chi connectivity index (χ4n) is 5.62. The van der Waals surface area contributed by atoms with Gasteiger partial charge >= 0.3 is 6.03 Å². The molecule has 2 aliphatic rings. The van der Waals surface area contributed by atoms with E-state index in [1.165, 1.54) is 5.56 Å². The highest BCUT2D eigenvalue weighted by molar-refractivity contribution is 6.35. The zero-order valence-corrected chi connectivity index (χ0v) is 26.4. The minimum Gasteiger partial charge on any atom is -0.341 e. The molecule has 2 fully saturated rings. The lowest BCUT2D eigenvalue weighted by Gasteiger charge is -2.33. The number of carbonyl (C=O) groups excluding carboxylic acids is 2. The van der Waals surface area contributed by atoms with Crippen LogP contribution in [0.15, 0.2) is 36.4 Å². The van der Waals surface area contributed by atoms with Gasteiger partial charge in [0.25, 0.3) is 0 Å². The molecule has 2 aliphatic heterocycles. The SMILES string of the molecule is CCC(Cc1cc(F)ccc1C1CCN(C(=O)CNC(=O)N2CCCC2)CC1)CN(C)C.Cc1ccc(Cl)cc1Cl. The number of benzene rings is 2. The first-order chi connectivity index (χ1) is 19.6. The minimum atomic E-state index is -0.176. The molecule has 2 aromatic rings. The summed E-state index contributed by atoms with van der Waals surface area (Å²) in [5.41, 5.74) is 3.40. The number of amides is 3. The van der Waals surface area contributed by atoms with Gasteiger partial charge in [0.05, 0.1) is 6.54 Å². The number of rotatable bonds is 8. The molecular weight excluding hydrogens is 562 g/mol. The lowest BCUT2D eigenvalue weighted by molar-refractivity contribution is -0.131. The van der Waals surface area contributed by atoms with Crippen molar-refractivity contribution in [2.75, 3.05) is 53.4 Å². The van der Waals surface area contributed by atoms with Crippen molar-refractivity contribution < 1.29 is 14.0 Å². The first-order valence-electron chi connectivity index (χ1n) is 14.7. The van der Waals surface area contributed by atoms with E-state index in [1.807, 2.05) is 30.0 Å². The van der Waals surface area contributed by atoms with Crippen molar-refractivity contribution in [1.29, 1.82) is 0 Å². The summed E-state index contributed by atoms with van der Waals surface area (Å²) in [5, 5.41) is 4.18. The molecule has 9 heteroatoms. The van der Waals surface area contributed by atoms with Crippen LogP contribution in [0.2, 0.25) is 10.0 Å². The lowest BCUT2D eigenvalue weighted by atomic mass is 9.83. The summed E-state index contributed by atoms with van der Waals surface area (Å²) < 4.78 is 14.1. The van der Waals surface area contributed by atoms with Gasteiger partial charge in [-0.25, -0.2) is 9.18 Å². The Hall–Kier alpha value is -2.35. The highest BCUT2D eigenvalue weighted by Gasteiger charge is 2.27. The third kappa shape index (κ3) is 10.5. The van der Waals surface area contributed by atoms with E-state index in [9.17, 15) is 14.0 Å². The number of likely N-dealkylation sites (tertiary alicyclic amines) is 2. The van der Waals surface area contributed by atoms with Gasteiger partial charge < -0.3 is 20.0 Å². The van der Waals surface area contributed by atoms with E-state index in [1.54, 1.807) is 23.1 Å². The maximum Gasteiger partial charge on any atom is 0.317 e. The second kappa shape index (κ2) is 16.3. The third-order valence-corrected chi connectivity index (χ3v) is 8.66. The number of urea groups is 1. The van der Waals surface area contributed by atoms with Gasteiger partial charge in [0, 0.05) is 42.8 Å². The van der Waals surface area contributed by atoms with Gasteiger partial charge in [0.1, 0.15) is 5.82 Å². The highest BCUT2D eigenvalue weighted by atomic mass is 35.5. The van der Waals surface area contributed by atoms with Crippen molar-refractivity contribution in [3.8, 4) is 0 Å². The van der Waals surface area contributed by atoms with E-state index in [4.69, 9.17) is 23.2 Å². The van der Waals surface area contributed by atoms with Gasteiger partial charge in [-0.2, -0.15) is 0 Å². The number of hydrogen-bond donors (Lipinski definition) is 1. The zero-order valence-electron chi connectivity index (χ0n) is 24.9. The maximum atomic E-state index is 14.1. The summed E-state index contributed by atoms with van der Waals surface area (Å²) in [6.07, 6.45) is 5.75. The minimum absolute atomic E-state index is 0.0210. The van der Waals surface area contributed by atoms with E-state index in [-0.39, 0.29) is 24.3 Å². The molecule has 0 spiro atoms. The fourth-order valence-corrected chi connectivity index (χ4v) is 6.03. The molecule has 226 valence electrons.